The quantitative estimate of drug-likeness (QED) is 0.356. The summed E-state index contributed by atoms with van der Waals surface area (Å²) in [5, 5.41) is 19.9. The fourth-order valence-corrected chi connectivity index (χ4v) is 5.98. The molecule has 0 bridgehead atoms. The van der Waals surface area contributed by atoms with Crippen LogP contribution < -0.4 is 16.4 Å². The second-order valence-corrected chi connectivity index (χ2v) is 12.4. The summed E-state index contributed by atoms with van der Waals surface area (Å²) in [5.74, 6) is -1.75. The molecule has 1 aromatic heterocycles. The van der Waals surface area contributed by atoms with Crippen LogP contribution in [0, 0.1) is 17.7 Å². The second kappa shape index (κ2) is 13.3. The number of nitrogens with zero attached hydrogens (tertiary/aromatic N) is 3. The summed E-state index contributed by atoms with van der Waals surface area (Å²) in [6, 6.07) is 4.33. The molecule has 2 heterocycles. The van der Waals surface area contributed by atoms with E-state index in [2.05, 4.69) is 22.7 Å². The van der Waals surface area contributed by atoms with Gasteiger partial charge < -0.3 is 26.4 Å². The lowest BCUT2D eigenvalue weighted by Crippen LogP contribution is -2.51. The number of hydrogen-bond acceptors (Lipinski definition) is 6. The van der Waals surface area contributed by atoms with Crippen LogP contribution in [-0.2, 0) is 16.1 Å². The van der Waals surface area contributed by atoms with Gasteiger partial charge in [0.15, 0.2) is 0 Å². The van der Waals surface area contributed by atoms with E-state index >= 15 is 4.39 Å². The number of aliphatic hydroxyl groups is 1. The summed E-state index contributed by atoms with van der Waals surface area (Å²) in [7, 11) is 0. The van der Waals surface area contributed by atoms with Gasteiger partial charge in [-0.15, -0.1) is 0 Å². The Morgan fingerprint density at radius 2 is 1.83 bits per heavy atom. The van der Waals surface area contributed by atoms with Gasteiger partial charge in [-0.3, -0.25) is 19.1 Å². The number of nitrogens with one attached hydrogen (secondary N) is 2. The Morgan fingerprint density at radius 1 is 1.17 bits per heavy atom. The van der Waals surface area contributed by atoms with Crippen LogP contribution in [0.15, 0.2) is 30.5 Å². The molecule has 3 amide bonds. The molecule has 1 saturated carbocycles. The number of nitrogens with two attached hydrogens (primary N) is 1. The highest BCUT2D eigenvalue weighted by molar-refractivity contribution is 6.00. The first kappa shape index (κ1) is 31.6. The number of anilines is 1. The first-order valence-electron chi connectivity index (χ1n) is 15.1. The molecular weight excluding hydrogens is 539 g/mol. The van der Waals surface area contributed by atoms with E-state index < -0.39 is 41.2 Å². The summed E-state index contributed by atoms with van der Waals surface area (Å²) in [5.41, 5.74) is 6.42. The first-order chi connectivity index (χ1) is 19.9. The number of aromatic nitrogens is 2. The number of amides is 3. The third-order valence-corrected chi connectivity index (χ3v) is 9.10. The standard InChI is InChI=1S/C31H45FN6O4/c1-5-38-25(12-15-34-38)28(39)36-27(21-8-6-19(2)7-9-21)29(40)35-24-11-10-22(18-23(24)32)20(3)26(33)30(41)37-16-13-31(4,42)14-17-37/h10-12,15,18-21,26-27,42H,5-9,13-14,16-17,33H2,1-4H3,(H,35,40)(H,36,39)/t19?,20-,21?,26+,27-/m0/s1. The molecule has 2 fully saturated rings. The fraction of sp³-hybridized carbons (Fsp3) is 0.613. The van der Waals surface area contributed by atoms with Crippen molar-refractivity contribution in [2.45, 2.75) is 96.4 Å². The van der Waals surface area contributed by atoms with Crippen LogP contribution in [0.2, 0.25) is 0 Å². The molecule has 11 heteroatoms. The van der Waals surface area contributed by atoms with Crippen LogP contribution in [0.25, 0.3) is 0 Å². The van der Waals surface area contributed by atoms with Crippen molar-refractivity contribution >= 4 is 23.4 Å². The predicted octanol–water partition coefficient (Wildman–Crippen LogP) is 3.41. The minimum atomic E-state index is -0.877. The molecule has 5 N–H and O–H groups in total. The lowest BCUT2D eigenvalue weighted by Gasteiger charge is -2.37. The van der Waals surface area contributed by atoms with Gasteiger partial charge in [0.25, 0.3) is 5.91 Å². The monoisotopic (exact) mass is 584 g/mol. The molecule has 1 aliphatic heterocycles. The molecule has 1 aliphatic carbocycles. The Balaban J connectivity index is 1.45. The van der Waals surface area contributed by atoms with Crippen molar-refractivity contribution in [3.8, 4) is 0 Å². The van der Waals surface area contributed by atoms with E-state index in [9.17, 15) is 19.5 Å². The highest BCUT2D eigenvalue weighted by Crippen LogP contribution is 2.32. The Bertz CT molecular complexity index is 1260. The summed E-state index contributed by atoms with van der Waals surface area (Å²) >= 11 is 0. The van der Waals surface area contributed by atoms with Crippen LogP contribution in [-0.4, -0.2) is 68.3 Å². The number of hydrogen-bond donors (Lipinski definition) is 4. The molecule has 0 spiro atoms. The lowest BCUT2D eigenvalue weighted by atomic mass is 9.79. The molecule has 0 radical (unpaired) electrons. The lowest BCUT2D eigenvalue weighted by molar-refractivity contribution is -0.136. The maximum absolute atomic E-state index is 15.3. The van der Waals surface area contributed by atoms with Gasteiger partial charge in [0.2, 0.25) is 11.8 Å². The number of benzene rings is 1. The van der Waals surface area contributed by atoms with Crippen molar-refractivity contribution in [1.29, 1.82) is 0 Å². The van der Waals surface area contributed by atoms with Crippen molar-refractivity contribution < 1.29 is 23.9 Å². The highest BCUT2D eigenvalue weighted by Gasteiger charge is 2.35. The third-order valence-electron chi connectivity index (χ3n) is 9.10. The number of piperidine rings is 1. The average Bonchev–Trinajstić information content (AvgIpc) is 3.45. The summed E-state index contributed by atoms with van der Waals surface area (Å²) in [4.78, 5) is 41.3. The Morgan fingerprint density at radius 3 is 2.45 bits per heavy atom. The third kappa shape index (κ3) is 7.36. The van der Waals surface area contributed by atoms with Gasteiger partial charge in [-0.05, 0) is 75.1 Å². The minimum absolute atomic E-state index is 0.00358. The Hall–Kier alpha value is -3.31. The second-order valence-electron chi connectivity index (χ2n) is 12.4. The van der Waals surface area contributed by atoms with Gasteiger partial charge in [0.1, 0.15) is 17.6 Å². The zero-order valence-electron chi connectivity index (χ0n) is 25.1. The molecule has 1 aromatic carbocycles. The molecule has 10 nitrogen and oxygen atoms in total. The molecule has 3 atom stereocenters. The number of aryl methyl sites for hydroxylation is 1. The van der Waals surface area contributed by atoms with Crippen molar-refractivity contribution in [3.63, 3.8) is 0 Å². The summed E-state index contributed by atoms with van der Waals surface area (Å²) < 4.78 is 16.9. The van der Waals surface area contributed by atoms with Gasteiger partial charge >= 0.3 is 0 Å². The van der Waals surface area contributed by atoms with Gasteiger partial charge in [-0.25, -0.2) is 4.39 Å². The molecule has 4 rings (SSSR count). The van der Waals surface area contributed by atoms with E-state index in [1.807, 2.05) is 6.92 Å². The molecular formula is C31H45FN6O4. The van der Waals surface area contributed by atoms with E-state index in [0.29, 0.717) is 49.7 Å². The van der Waals surface area contributed by atoms with Crippen LogP contribution >= 0.6 is 0 Å². The maximum Gasteiger partial charge on any atom is 0.270 e. The van der Waals surface area contributed by atoms with Crippen LogP contribution in [0.5, 0.6) is 0 Å². The van der Waals surface area contributed by atoms with E-state index in [0.717, 1.165) is 25.7 Å². The number of halogens is 1. The maximum atomic E-state index is 15.3. The van der Waals surface area contributed by atoms with Gasteiger partial charge in [0.05, 0.1) is 17.3 Å². The fourth-order valence-electron chi connectivity index (χ4n) is 5.98. The SMILES string of the molecule is CCn1nccc1C(=O)N[C@H](C(=O)Nc1ccc([C@H](C)[C@@H](N)C(=O)N2CCC(C)(O)CC2)cc1F)C1CCC(C)CC1. The number of rotatable bonds is 9. The summed E-state index contributed by atoms with van der Waals surface area (Å²) in [6.45, 7) is 8.94. The van der Waals surface area contributed by atoms with Crippen LogP contribution in [0.4, 0.5) is 10.1 Å². The van der Waals surface area contributed by atoms with Crippen molar-refractivity contribution in [2.24, 2.45) is 17.6 Å². The van der Waals surface area contributed by atoms with E-state index in [1.54, 1.807) is 41.8 Å². The number of likely N-dealkylation sites (tertiary alicyclic amines) is 1. The van der Waals surface area contributed by atoms with Gasteiger partial charge in [-0.2, -0.15) is 5.10 Å². The normalized spacial score (nSPS) is 22.6. The van der Waals surface area contributed by atoms with E-state index in [1.165, 1.54) is 12.1 Å². The van der Waals surface area contributed by atoms with E-state index in [-0.39, 0.29) is 17.5 Å². The smallest absolute Gasteiger partial charge is 0.270 e. The summed E-state index contributed by atoms with van der Waals surface area (Å²) in [6.07, 6.45) is 5.98. The van der Waals surface area contributed by atoms with E-state index in [4.69, 9.17) is 5.73 Å². The molecule has 1 saturated heterocycles. The first-order valence-corrected chi connectivity index (χ1v) is 15.1. The van der Waals surface area contributed by atoms with Gasteiger partial charge in [-0.1, -0.05) is 32.8 Å². The topological polar surface area (TPSA) is 143 Å². The van der Waals surface area contributed by atoms with Crippen LogP contribution in [0.1, 0.15) is 88.2 Å². The minimum Gasteiger partial charge on any atom is -0.390 e. The molecule has 42 heavy (non-hydrogen) atoms. The largest absolute Gasteiger partial charge is 0.390 e. The molecule has 0 unspecified atom stereocenters. The Labute approximate surface area is 247 Å². The number of carbonyl (C=O) groups excluding carboxylic acids is 3. The predicted molar refractivity (Wildman–Crippen MR) is 158 cm³/mol. The molecule has 230 valence electrons. The zero-order chi connectivity index (χ0) is 30.6. The van der Waals surface area contributed by atoms with Crippen molar-refractivity contribution in [3.05, 3.63) is 47.5 Å². The Kier molecular flexibility index (Phi) is 10.0. The van der Waals surface area contributed by atoms with Crippen molar-refractivity contribution in [2.75, 3.05) is 18.4 Å². The highest BCUT2D eigenvalue weighted by atomic mass is 19.1. The molecule has 2 aromatic rings. The molecule has 2 aliphatic rings. The number of carbonyl (C=O) groups is 3. The zero-order valence-corrected chi connectivity index (χ0v) is 25.1. The van der Waals surface area contributed by atoms with Crippen LogP contribution in [0.3, 0.4) is 0 Å². The van der Waals surface area contributed by atoms with Crippen molar-refractivity contribution in [1.82, 2.24) is 20.0 Å². The van der Waals surface area contributed by atoms with Gasteiger partial charge in [0, 0.05) is 31.7 Å². The average molecular weight is 585 g/mol.